The summed E-state index contributed by atoms with van der Waals surface area (Å²) in [4.78, 5) is 19.4. The Bertz CT molecular complexity index is 728. The quantitative estimate of drug-likeness (QED) is 0.225. The molecule has 8 heteroatoms. The van der Waals surface area contributed by atoms with Gasteiger partial charge in [0, 0.05) is 38.3 Å². The molecule has 7 nitrogen and oxygen atoms in total. The fourth-order valence-corrected chi connectivity index (χ4v) is 4.24. The number of aliphatic hydroxyl groups excluding tert-OH is 1. The van der Waals surface area contributed by atoms with Gasteiger partial charge in [0.1, 0.15) is 0 Å². The van der Waals surface area contributed by atoms with Gasteiger partial charge in [0.15, 0.2) is 5.96 Å². The van der Waals surface area contributed by atoms with Crippen LogP contribution in [0.25, 0.3) is 0 Å². The van der Waals surface area contributed by atoms with E-state index in [1.165, 1.54) is 0 Å². The molecule has 1 heterocycles. The summed E-state index contributed by atoms with van der Waals surface area (Å²) in [5.74, 6) is 0.824. The van der Waals surface area contributed by atoms with Crippen molar-refractivity contribution in [3.8, 4) is 0 Å². The van der Waals surface area contributed by atoms with E-state index in [9.17, 15) is 9.90 Å². The summed E-state index contributed by atoms with van der Waals surface area (Å²) in [6.45, 7) is 13.9. The van der Waals surface area contributed by atoms with Gasteiger partial charge in [0.2, 0.25) is 0 Å². The van der Waals surface area contributed by atoms with Crippen molar-refractivity contribution in [1.29, 1.82) is 0 Å². The monoisotopic (exact) mass is 574 g/mol. The molecule has 2 atom stereocenters. The van der Waals surface area contributed by atoms with E-state index in [1.807, 2.05) is 49.9 Å². The lowest BCUT2D eigenvalue weighted by molar-refractivity contribution is -0.0586. The Labute approximate surface area is 216 Å². The van der Waals surface area contributed by atoms with Gasteiger partial charge < -0.3 is 25.4 Å². The molecular formula is C25H43IN4O3. The number of hydrogen-bond donors (Lipinski definition) is 3. The number of ether oxygens (including phenoxy) is 1. The summed E-state index contributed by atoms with van der Waals surface area (Å²) in [6.07, 6.45) is 2.91. The van der Waals surface area contributed by atoms with Gasteiger partial charge in [-0.25, -0.2) is 4.99 Å². The smallest absolute Gasteiger partial charge is 0.254 e. The zero-order valence-electron chi connectivity index (χ0n) is 20.9. The number of aliphatic imine (C=N–C) groups is 1. The average molecular weight is 575 g/mol. The number of halogens is 1. The van der Waals surface area contributed by atoms with E-state index < -0.39 is 0 Å². The molecule has 1 amide bonds. The maximum absolute atomic E-state index is 12.8. The van der Waals surface area contributed by atoms with Gasteiger partial charge in [0.25, 0.3) is 5.91 Å². The van der Waals surface area contributed by atoms with Crippen LogP contribution in [-0.4, -0.2) is 66.9 Å². The summed E-state index contributed by atoms with van der Waals surface area (Å²) in [5, 5.41) is 16.2. The van der Waals surface area contributed by atoms with Crippen molar-refractivity contribution in [3.63, 3.8) is 0 Å². The number of carbonyl (C=O) groups excluding carboxylic acids is 1. The van der Waals surface area contributed by atoms with Gasteiger partial charge >= 0.3 is 0 Å². The molecular weight excluding hydrogens is 531 g/mol. The normalized spacial score (nSPS) is 19.1. The number of carbonyl (C=O) groups is 1. The summed E-state index contributed by atoms with van der Waals surface area (Å²) in [7, 11) is 0. The molecule has 1 fully saturated rings. The standard InChI is InChI=1S/C25H42N4O3.HI/c1-6-25(7-2,13-14-30)18-28-24(26-8-3)27-15-21-9-11-22(12-10-21)23(31)29-16-19(4)32-20(5)17-29;/h9-12,19-20,30H,6-8,13-18H2,1-5H3,(H2,26,27,28);1H. The van der Waals surface area contributed by atoms with Gasteiger partial charge in [-0.15, -0.1) is 24.0 Å². The van der Waals surface area contributed by atoms with E-state index in [0.29, 0.717) is 25.2 Å². The third kappa shape index (κ3) is 9.05. The number of nitrogens with one attached hydrogen (secondary N) is 2. The fourth-order valence-electron chi connectivity index (χ4n) is 4.24. The number of benzene rings is 1. The highest BCUT2D eigenvalue weighted by atomic mass is 127. The number of amides is 1. The van der Waals surface area contributed by atoms with Crippen LogP contribution in [-0.2, 0) is 11.3 Å². The lowest BCUT2D eigenvalue weighted by Gasteiger charge is -2.35. The van der Waals surface area contributed by atoms with Gasteiger partial charge in [-0.1, -0.05) is 26.0 Å². The van der Waals surface area contributed by atoms with Crippen LogP contribution in [0.2, 0.25) is 0 Å². The van der Waals surface area contributed by atoms with Crippen molar-refractivity contribution < 1.29 is 14.6 Å². The summed E-state index contributed by atoms with van der Waals surface area (Å²) >= 11 is 0. The number of guanidine groups is 1. The third-order valence-electron chi connectivity index (χ3n) is 6.44. The maximum atomic E-state index is 12.8. The van der Waals surface area contributed by atoms with Crippen LogP contribution in [0, 0.1) is 5.41 Å². The topological polar surface area (TPSA) is 86.2 Å². The van der Waals surface area contributed by atoms with E-state index in [0.717, 1.165) is 43.9 Å². The largest absolute Gasteiger partial charge is 0.396 e. The van der Waals surface area contributed by atoms with Crippen LogP contribution in [0.4, 0.5) is 0 Å². The van der Waals surface area contributed by atoms with E-state index >= 15 is 0 Å². The van der Waals surface area contributed by atoms with Gasteiger partial charge in [0.05, 0.1) is 18.8 Å². The zero-order valence-corrected chi connectivity index (χ0v) is 23.2. The number of aliphatic hydroxyl groups is 1. The highest BCUT2D eigenvalue weighted by molar-refractivity contribution is 14.0. The third-order valence-corrected chi connectivity index (χ3v) is 6.44. The lowest BCUT2D eigenvalue weighted by atomic mass is 9.79. The average Bonchev–Trinajstić information content (AvgIpc) is 2.79. The predicted molar refractivity (Wildman–Crippen MR) is 145 cm³/mol. The summed E-state index contributed by atoms with van der Waals surface area (Å²) in [6, 6.07) is 7.72. The fraction of sp³-hybridized carbons (Fsp3) is 0.680. The predicted octanol–water partition coefficient (Wildman–Crippen LogP) is 3.80. The Morgan fingerprint density at radius 3 is 2.24 bits per heavy atom. The molecule has 0 radical (unpaired) electrons. The molecule has 0 spiro atoms. The summed E-state index contributed by atoms with van der Waals surface area (Å²) in [5.41, 5.74) is 1.82. The summed E-state index contributed by atoms with van der Waals surface area (Å²) < 4.78 is 5.73. The Kier molecular flexibility index (Phi) is 13.3. The first-order chi connectivity index (χ1) is 15.4. The molecule has 2 unspecified atom stereocenters. The molecule has 2 rings (SSSR count). The molecule has 1 aliphatic heterocycles. The first-order valence-electron chi connectivity index (χ1n) is 12.0. The minimum absolute atomic E-state index is 0. The molecule has 33 heavy (non-hydrogen) atoms. The highest BCUT2D eigenvalue weighted by Crippen LogP contribution is 2.29. The van der Waals surface area contributed by atoms with Crippen molar-refractivity contribution >= 4 is 35.8 Å². The SMILES string of the molecule is CCNC(=NCc1ccc(C(=O)N2CC(C)OC(C)C2)cc1)NCC(CC)(CC)CCO.I. The minimum Gasteiger partial charge on any atom is -0.396 e. The Morgan fingerprint density at radius 1 is 1.12 bits per heavy atom. The molecule has 1 aliphatic rings. The van der Waals surface area contributed by atoms with Crippen LogP contribution in [0.15, 0.2) is 29.3 Å². The number of rotatable bonds is 10. The van der Waals surface area contributed by atoms with Crippen LogP contribution >= 0.6 is 24.0 Å². The second-order valence-corrected chi connectivity index (χ2v) is 8.89. The molecule has 1 aromatic rings. The van der Waals surface area contributed by atoms with Crippen molar-refractivity contribution in [2.45, 2.75) is 72.6 Å². The Balaban J connectivity index is 0.00000544. The molecule has 0 saturated carbocycles. The van der Waals surface area contributed by atoms with E-state index in [1.54, 1.807) is 0 Å². The van der Waals surface area contributed by atoms with Crippen LogP contribution < -0.4 is 10.6 Å². The van der Waals surface area contributed by atoms with Gasteiger partial charge in [-0.2, -0.15) is 0 Å². The maximum Gasteiger partial charge on any atom is 0.254 e. The molecule has 1 aromatic carbocycles. The zero-order chi connectivity index (χ0) is 23.6. The van der Waals surface area contributed by atoms with E-state index in [2.05, 4.69) is 24.5 Å². The van der Waals surface area contributed by atoms with Crippen LogP contribution in [0.5, 0.6) is 0 Å². The molecule has 0 aliphatic carbocycles. The molecule has 188 valence electrons. The van der Waals surface area contributed by atoms with Crippen molar-refractivity contribution in [1.82, 2.24) is 15.5 Å². The molecule has 0 aromatic heterocycles. The Morgan fingerprint density at radius 2 is 1.73 bits per heavy atom. The molecule has 3 N–H and O–H groups in total. The number of nitrogens with zero attached hydrogens (tertiary/aromatic N) is 2. The number of morpholine rings is 1. The minimum atomic E-state index is 0. The highest BCUT2D eigenvalue weighted by Gasteiger charge is 2.27. The van der Waals surface area contributed by atoms with Crippen molar-refractivity contribution in [3.05, 3.63) is 35.4 Å². The van der Waals surface area contributed by atoms with Gasteiger partial charge in [-0.3, -0.25) is 4.79 Å². The second-order valence-electron chi connectivity index (χ2n) is 8.89. The van der Waals surface area contributed by atoms with Crippen molar-refractivity contribution in [2.75, 3.05) is 32.8 Å². The first kappa shape index (κ1) is 29.6. The first-order valence-corrected chi connectivity index (χ1v) is 12.0. The lowest BCUT2D eigenvalue weighted by Crippen LogP contribution is -2.48. The molecule has 0 bridgehead atoms. The van der Waals surface area contributed by atoms with E-state index in [4.69, 9.17) is 9.73 Å². The van der Waals surface area contributed by atoms with Crippen LogP contribution in [0.3, 0.4) is 0 Å². The second kappa shape index (κ2) is 14.8. The Hall–Kier alpha value is -1.39. The van der Waals surface area contributed by atoms with Gasteiger partial charge in [-0.05, 0) is 63.1 Å². The van der Waals surface area contributed by atoms with Crippen molar-refractivity contribution in [2.24, 2.45) is 10.4 Å². The van der Waals surface area contributed by atoms with Crippen LogP contribution in [0.1, 0.15) is 69.8 Å². The van der Waals surface area contributed by atoms with E-state index in [-0.39, 0.29) is 54.1 Å². The number of hydrogen-bond acceptors (Lipinski definition) is 4. The molecule has 1 saturated heterocycles.